The van der Waals surface area contributed by atoms with Crippen LogP contribution < -0.4 is 0 Å². The summed E-state index contributed by atoms with van der Waals surface area (Å²) >= 11 is 1.98. The second-order valence-corrected chi connectivity index (χ2v) is 8.59. The number of imidazole rings is 1. The van der Waals surface area contributed by atoms with E-state index in [0.29, 0.717) is 5.37 Å². The smallest absolute Gasteiger partial charge is 0.0955 e. The molecule has 0 N–H and O–H groups in total. The molecule has 108 valence electrons. The molecule has 3 heteroatoms. The fraction of sp³-hybridized carbons (Fsp3) is 0.471. The van der Waals surface area contributed by atoms with Gasteiger partial charge in [-0.2, -0.15) is 0 Å². The van der Waals surface area contributed by atoms with Crippen molar-refractivity contribution in [2.45, 2.75) is 50.2 Å². The zero-order chi connectivity index (χ0) is 14.8. The lowest BCUT2D eigenvalue weighted by molar-refractivity contribution is 0.418. The van der Waals surface area contributed by atoms with Gasteiger partial charge in [0.2, 0.25) is 0 Å². The Kier molecular flexibility index (Phi) is 4.28. The number of aromatic nitrogens is 2. The highest BCUT2D eigenvalue weighted by atomic mass is 32.2. The quantitative estimate of drug-likeness (QED) is 0.797. The number of hydrogen-bond donors (Lipinski definition) is 0. The molecule has 0 spiro atoms. The van der Waals surface area contributed by atoms with Crippen LogP contribution in [0.25, 0.3) is 0 Å². The summed E-state index contributed by atoms with van der Waals surface area (Å²) in [6.07, 6.45) is 5.85. The van der Waals surface area contributed by atoms with Gasteiger partial charge < -0.3 is 4.57 Å². The fourth-order valence-electron chi connectivity index (χ4n) is 2.33. The number of thioether (sulfide) groups is 1. The first-order valence-electron chi connectivity index (χ1n) is 7.01. The Morgan fingerprint density at radius 1 is 1.05 bits per heavy atom. The maximum absolute atomic E-state index is 4.23. The zero-order valence-electron chi connectivity index (χ0n) is 13.0. The first kappa shape index (κ1) is 15.2. The van der Waals surface area contributed by atoms with Crippen LogP contribution in [0, 0.1) is 0 Å². The van der Waals surface area contributed by atoms with Crippen LogP contribution in [0.2, 0.25) is 0 Å². The molecular weight excluding hydrogens is 264 g/mol. The molecule has 1 aromatic carbocycles. The highest BCUT2D eigenvalue weighted by molar-refractivity contribution is 8.00. The van der Waals surface area contributed by atoms with Crippen molar-refractivity contribution in [1.29, 1.82) is 0 Å². The minimum atomic E-state index is 0.0277. The van der Waals surface area contributed by atoms with Crippen LogP contribution in [-0.2, 0) is 5.41 Å². The van der Waals surface area contributed by atoms with Crippen LogP contribution >= 0.6 is 11.8 Å². The zero-order valence-corrected chi connectivity index (χ0v) is 13.8. The van der Waals surface area contributed by atoms with E-state index in [9.17, 15) is 0 Å². The largest absolute Gasteiger partial charge is 0.324 e. The van der Waals surface area contributed by atoms with Gasteiger partial charge in [0.15, 0.2) is 0 Å². The van der Waals surface area contributed by atoms with Gasteiger partial charge in [-0.1, -0.05) is 65.0 Å². The second-order valence-electron chi connectivity index (χ2n) is 6.68. The van der Waals surface area contributed by atoms with E-state index in [4.69, 9.17) is 0 Å². The highest BCUT2D eigenvalue weighted by Crippen LogP contribution is 2.47. The van der Waals surface area contributed by atoms with E-state index >= 15 is 0 Å². The molecular formula is C17H24N2S. The van der Waals surface area contributed by atoms with E-state index in [1.54, 1.807) is 0 Å². The fourth-order valence-corrected chi connectivity index (χ4v) is 3.68. The molecule has 0 saturated heterocycles. The van der Waals surface area contributed by atoms with Gasteiger partial charge >= 0.3 is 0 Å². The van der Waals surface area contributed by atoms with E-state index in [1.807, 2.05) is 24.3 Å². The third kappa shape index (κ3) is 3.45. The molecule has 20 heavy (non-hydrogen) atoms. The van der Waals surface area contributed by atoms with Crippen molar-refractivity contribution in [2.75, 3.05) is 0 Å². The summed E-state index contributed by atoms with van der Waals surface area (Å²) in [6.45, 7) is 11.4. The predicted octanol–water partition coefficient (Wildman–Crippen LogP) is 4.89. The molecule has 1 atom stereocenters. The van der Waals surface area contributed by atoms with Gasteiger partial charge in [0, 0.05) is 22.6 Å². The molecule has 2 aromatic rings. The van der Waals surface area contributed by atoms with Crippen LogP contribution in [0.15, 0.2) is 49.1 Å². The van der Waals surface area contributed by atoms with Crippen molar-refractivity contribution in [3.8, 4) is 0 Å². The Morgan fingerprint density at radius 2 is 1.70 bits per heavy atom. The van der Waals surface area contributed by atoms with Gasteiger partial charge in [-0.25, -0.2) is 4.98 Å². The van der Waals surface area contributed by atoms with Gasteiger partial charge in [0.1, 0.15) is 0 Å². The van der Waals surface area contributed by atoms with Gasteiger partial charge in [-0.05, 0) is 5.56 Å². The average Bonchev–Trinajstić information content (AvgIpc) is 2.89. The van der Waals surface area contributed by atoms with E-state index < -0.39 is 0 Å². The summed E-state index contributed by atoms with van der Waals surface area (Å²) in [5.41, 5.74) is 1.38. The molecule has 2 rings (SSSR count). The number of nitrogens with zero attached hydrogens (tertiary/aromatic N) is 2. The van der Waals surface area contributed by atoms with Crippen LogP contribution in [0.1, 0.15) is 45.6 Å². The molecule has 0 radical (unpaired) electrons. The Balaban J connectivity index is 2.40. The average molecular weight is 288 g/mol. The van der Waals surface area contributed by atoms with Gasteiger partial charge in [-0.15, -0.1) is 11.8 Å². The Bertz CT molecular complexity index is 524. The minimum absolute atomic E-state index is 0.0277. The topological polar surface area (TPSA) is 17.8 Å². The van der Waals surface area contributed by atoms with E-state index in [2.05, 4.69) is 80.7 Å². The van der Waals surface area contributed by atoms with Gasteiger partial charge in [0.25, 0.3) is 0 Å². The van der Waals surface area contributed by atoms with Crippen molar-refractivity contribution >= 4 is 11.8 Å². The minimum Gasteiger partial charge on any atom is -0.324 e. The Labute approximate surface area is 126 Å². The van der Waals surface area contributed by atoms with Crippen molar-refractivity contribution in [1.82, 2.24) is 9.55 Å². The molecule has 0 aliphatic carbocycles. The highest BCUT2D eigenvalue weighted by Gasteiger charge is 2.35. The molecule has 2 nitrogen and oxygen atoms in total. The number of hydrogen-bond acceptors (Lipinski definition) is 2. The molecule has 0 aliphatic heterocycles. The third-order valence-corrected chi connectivity index (χ3v) is 5.16. The van der Waals surface area contributed by atoms with Crippen molar-refractivity contribution in [3.05, 3.63) is 54.6 Å². The standard InChI is InChI=1S/C17H24N2S/c1-16(2,3)20-15(19-12-11-18-13-19)17(4,5)14-9-7-6-8-10-14/h6-13,15H,1-5H3. The van der Waals surface area contributed by atoms with Crippen molar-refractivity contribution < 1.29 is 0 Å². The van der Waals surface area contributed by atoms with E-state index in [-0.39, 0.29) is 10.2 Å². The van der Waals surface area contributed by atoms with E-state index in [1.165, 1.54) is 5.56 Å². The monoisotopic (exact) mass is 288 g/mol. The summed E-state index contributed by atoms with van der Waals surface area (Å²) in [6, 6.07) is 10.7. The summed E-state index contributed by atoms with van der Waals surface area (Å²) in [7, 11) is 0. The number of benzene rings is 1. The van der Waals surface area contributed by atoms with Crippen molar-refractivity contribution in [3.63, 3.8) is 0 Å². The predicted molar refractivity (Wildman–Crippen MR) is 88.1 cm³/mol. The first-order valence-corrected chi connectivity index (χ1v) is 7.89. The maximum atomic E-state index is 4.23. The summed E-state index contributed by atoms with van der Waals surface area (Å²) in [5.74, 6) is 0. The van der Waals surface area contributed by atoms with Gasteiger partial charge in [0.05, 0.1) is 11.7 Å². The summed E-state index contributed by atoms with van der Waals surface area (Å²) < 4.78 is 2.42. The Hall–Kier alpha value is -1.22. The molecule has 1 unspecified atom stereocenters. The van der Waals surface area contributed by atoms with Crippen LogP contribution in [0.4, 0.5) is 0 Å². The second kappa shape index (κ2) is 5.65. The third-order valence-electron chi connectivity index (χ3n) is 3.40. The molecule has 0 saturated carbocycles. The van der Waals surface area contributed by atoms with Crippen LogP contribution in [0.5, 0.6) is 0 Å². The maximum Gasteiger partial charge on any atom is 0.0955 e. The van der Waals surface area contributed by atoms with E-state index in [0.717, 1.165) is 0 Å². The van der Waals surface area contributed by atoms with Crippen molar-refractivity contribution in [2.24, 2.45) is 0 Å². The molecule has 0 fully saturated rings. The first-order chi connectivity index (χ1) is 9.31. The normalized spacial score (nSPS) is 14.2. The lowest BCUT2D eigenvalue weighted by atomic mass is 9.84. The summed E-state index contributed by atoms with van der Waals surface area (Å²) in [4.78, 5) is 4.23. The molecule has 0 amide bonds. The number of rotatable bonds is 4. The molecule has 1 aromatic heterocycles. The van der Waals surface area contributed by atoms with Crippen LogP contribution in [0.3, 0.4) is 0 Å². The van der Waals surface area contributed by atoms with Gasteiger partial charge in [-0.3, -0.25) is 0 Å². The molecule has 0 bridgehead atoms. The molecule has 1 heterocycles. The SMILES string of the molecule is CC(C)(C)SC(n1ccnc1)C(C)(C)c1ccccc1. The molecule has 0 aliphatic rings. The lowest BCUT2D eigenvalue weighted by Gasteiger charge is -2.38. The van der Waals surface area contributed by atoms with Crippen LogP contribution in [-0.4, -0.2) is 14.3 Å². The Morgan fingerprint density at radius 3 is 2.20 bits per heavy atom. The summed E-state index contributed by atoms with van der Waals surface area (Å²) in [5, 5.41) is 0.312. The lowest BCUT2D eigenvalue weighted by Crippen LogP contribution is -2.31.